The third-order valence-electron chi connectivity index (χ3n) is 3.52. The lowest BCUT2D eigenvalue weighted by molar-refractivity contribution is 0.0751. The normalized spacial score (nSPS) is 10.9. The zero-order chi connectivity index (χ0) is 14.4. The third kappa shape index (κ3) is 3.38. The van der Waals surface area contributed by atoms with Gasteiger partial charge in [0.25, 0.3) is 5.91 Å². The minimum atomic E-state index is 0.128. The number of carbonyl (C=O) groups excluding carboxylic acids is 1. The maximum atomic E-state index is 12.6. The number of H-pyrrole nitrogens is 1. The van der Waals surface area contributed by atoms with E-state index < -0.39 is 0 Å². The van der Waals surface area contributed by atoms with E-state index in [-0.39, 0.29) is 5.91 Å². The van der Waals surface area contributed by atoms with Gasteiger partial charge in [0.2, 0.25) is 0 Å². The van der Waals surface area contributed by atoms with E-state index in [1.807, 2.05) is 23.1 Å². The first-order valence-electron chi connectivity index (χ1n) is 7.48. The molecule has 0 bridgehead atoms. The van der Waals surface area contributed by atoms with Gasteiger partial charge in [-0.2, -0.15) is 0 Å². The minimum absolute atomic E-state index is 0.128. The number of imidazole rings is 1. The van der Waals surface area contributed by atoms with Crippen molar-refractivity contribution in [2.24, 2.45) is 0 Å². The molecule has 0 spiro atoms. The SMILES string of the molecule is CCCCN(CCCC)C(=O)c1ccc2nc[nH]c2c1. The summed E-state index contributed by atoms with van der Waals surface area (Å²) < 4.78 is 0. The van der Waals surface area contributed by atoms with Crippen molar-refractivity contribution in [3.63, 3.8) is 0 Å². The zero-order valence-electron chi connectivity index (χ0n) is 12.4. The molecule has 0 radical (unpaired) electrons. The van der Waals surface area contributed by atoms with Crippen LogP contribution in [0.5, 0.6) is 0 Å². The molecule has 1 heterocycles. The molecule has 4 nitrogen and oxygen atoms in total. The number of amides is 1. The van der Waals surface area contributed by atoms with E-state index in [0.29, 0.717) is 0 Å². The second-order valence-electron chi connectivity index (χ2n) is 5.13. The van der Waals surface area contributed by atoms with Crippen molar-refractivity contribution < 1.29 is 4.79 Å². The first kappa shape index (κ1) is 14.6. The molecule has 0 fully saturated rings. The van der Waals surface area contributed by atoms with Gasteiger partial charge in [-0.3, -0.25) is 4.79 Å². The molecule has 0 unspecified atom stereocenters. The molecule has 4 heteroatoms. The lowest BCUT2D eigenvalue weighted by Gasteiger charge is -2.22. The smallest absolute Gasteiger partial charge is 0.253 e. The Bertz CT molecular complexity index is 554. The topological polar surface area (TPSA) is 49.0 Å². The van der Waals surface area contributed by atoms with Crippen LogP contribution in [0.3, 0.4) is 0 Å². The van der Waals surface area contributed by atoms with E-state index >= 15 is 0 Å². The van der Waals surface area contributed by atoms with E-state index in [2.05, 4.69) is 23.8 Å². The summed E-state index contributed by atoms with van der Waals surface area (Å²) in [6.45, 7) is 5.99. The van der Waals surface area contributed by atoms with Crippen molar-refractivity contribution in [3.8, 4) is 0 Å². The van der Waals surface area contributed by atoms with Crippen molar-refractivity contribution in [3.05, 3.63) is 30.1 Å². The quantitative estimate of drug-likeness (QED) is 0.837. The second-order valence-corrected chi connectivity index (χ2v) is 5.13. The van der Waals surface area contributed by atoms with Crippen molar-refractivity contribution in [2.75, 3.05) is 13.1 Å². The molecular formula is C16H23N3O. The fourth-order valence-electron chi connectivity index (χ4n) is 2.26. The van der Waals surface area contributed by atoms with Gasteiger partial charge in [-0.15, -0.1) is 0 Å². The summed E-state index contributed by atoms with van der Waals surface area (Å²) in [6, 6.07) is 5.67. The summed E-state index contributed by atoms with van der Waals surface area (Å²) >= 11 is 0. The van der Waals surface area contributed by atoms with Crippen LogP contribution in [-0.4, -0.2) is 33.9 Å². The number of fused-ring (bicyclic) bond motifs is 1. The van der Waals surface area contributed by atoms with Crippen LogP contribution in [-0.2, 0) is 0 Å². The molecule has 1 aromatic heterocycles. The number of hydrogen-bond donors (Lipinski definition) is 1. The molecule has 0 saturated carbocycles. The van der Waals surface area contributed by atoms with Crippen LogP contribution in [0.4, 0.5) is 0 Å². The predicted octanol–water partition coefficient (Wildman–Crippen LogP) is 3.61. The van der Waals surface area contributed by atoms with Crippen molar-refractivity contribution >= 4 is 16.9 Å². The molecule has 108 valence electrons. The van der Waals surface area contributed by atoms with E-state index in [4.69, 9.17) is 0 Å². The highest BCUT2D eigenvalue weighted by Gasteiger charge is 2.15. The zero-order valence-corrected chi connectivity index (χ0v) is 12.4. The van der Waals surface area contributed by atoms with Gasteiger partial charge in [0.05, 0.1) is 17.4 Å². The standard InChI is InChI=1S/C16H23N3O/c1-3-5-9-19(10-6-4-2)16(20)13-7-8-14-15(11-13)18-12-17-14/h7-8,11-12H,3-6,9-10H2,1-2H3,(H,17,18). The van der Waals surface area contributed by atoms with Crippen LogP contribution >= 0.6 is 0 Å². The van der Waals surface area contributed by atoms with Crippen molar-refractivity contribution in [1.29, 1.82) is 0 Å². The molecule has 0 saturated heterocycles. The number of rotatable bonds is 7. The Hall–Kier alpha value is -1.84. The van der Waals surface area contributed by atoms with Gasteiger partial charge in [0.15, 0.2) is 0 Å². The molecule has 0 aliphatic heterocycles. The van der Waals surface area contributed by atoms with E-state index in [1.54, 1.807) is 6.33 Å². The molecular weight excluding hydrogens is 250 g/mol. The largest absolute Gasteiger partial charge is 0.345 e. The van der Waals surface area contributed by atoms with Crippen LogP contribution in [0, 0.1) is 0 Å². The summed E-state index contributed by atoms with van der Waals surface area (Å²) in [7, 11) is 0. The summed E-state index contributed by atoms with van der Waals surface area (Å²) in [5.74, 6) is 0.128. The molecule has 2 aromatic rings. The highest BCUT2D eigenvalue weighted by Crippen LogP contribution is 2.14. The number of unbranched alkanes of at least 4 members (excludes halogenated alkanes) is 2. The average Bonchev–Trinajstić information content (AvgIpc) is 2.94. The van der Waals surface area contributed by atoms with Crippen LogP contribution in [0.1, 0.15) is 49.9 Å². The summed E-state index contributed by atoms with van der Waals surface area (Å²) in [5, 5.41) is 0. The van der Waals surface area contributed by atoms with E-state index in [0.717, 1.165) is 55.4 Å². The number of nitrogens with one attached hydrogen (secondary N) is 1. The number of aromatic nitrogens is 2. The van der Waals surface area contributed by atoms with Gasteiger partial charge in [-0.05, 0) is 31.0 Å². The fraction of sp³-hybridized carbons (Fsp3) is 0.500. The molecule has 0 aliphatic rings. The first-order valence-corrected chi connectivity index (χ1v) is 7.48. The number of carbonyl (C=O) groups is 1. The fourth-order valence-corrected chi connectivity index (χ4v) is 2.26. The maximum Gasteiger partial charge on any atom is 0.253 e. The highest BCUT2D eigenvalue weighted by atomic mass is 16.2. The molecule has 1 amide bonds. The minimum Gasteiger partial charge on any atom is -0.345 e. The molecule has 20 heavy (non-hydrogen) atoms. The lowest BCUT2D eigenvalue weighted by Crippen LogP contribution is -2.32. The monoisotopic (exact) mass is 273 g/mol. The number of aromatic amines is 1. The molecule has 0 aliphatic carbocycles. The van der Waals surface area contributed by atoms with Gasteiger partial charge in [-0.25, -0.2) is 4.98 Å². The highest BCUT2D eigenvalue weighted by molar-refractivity contribution is 5.97. The first-order chi connectivity index (χ1) is 9.76. The van der Waals surface area contributed by atoms with Crippen LogP contribution in [0.25, 0.3) is 11.0 Å². The Balaban J connectivity index is 2.15. The van der Waals surface area contributed by atoms with E-state index in [9.17, 15) is 4.79 Å². The Morgan fingerprint density at radius 1 is 1.20 bits per heavy atom. The Morgan fingerprint density at radius 3 is 2.55 bits per heavy atom. The number of nitrogens with zero attached hydrogens (tertiary/aromatic N) is 2. The van der Waals surface area contributed by atoms with Gasteiger partial charge < -0.3 is 9.88 Å². The molecule has 1 aromatic carbocycles. The van der Waals surface area contributed by atoms with Gasteiger partial charge in [-0.1, -0.05) is 26.7 Å². The second kappa shape index (κ2) is 7.08. The van der Waals surface area contributed by atoms with Crippen LogP contribution in [0.2, 0.25) is 0 Å². The van der Waals surface area contributed by atoms with Gasteiger partial charge >= 0.3 is 0 Å². The predicted molar refractivity (Wildman–Crippen MR) is 81.8 cm³/mol. The van der Waals surface area contributed by atoms with Gasteiger partial charge in [0, 0.05) is 18.7 Å². The van der Waals surface area contributed by atoms with Crippen molar-refractivity contribution in [1.82, 2.24) is 14.9 Å². The maximum absolute atomic E-state index is 12.6. The molecule has 1 N–H and O–H groups in total. The molecule has 2 rings (SSSR count). The van der Waals surface area contributed by atoms with Gasteiger partial charge in [0.1, 0.15) is 0 Å². The Morgan fingerprint density at radius 2 is 1.90 bits per heavy atom. The van der Waals surface area contributed by atoms with Crippen molar-refractivity contribution in [2.45, 2.75) is 39.5 Å². The Labute approximate surface area is 120 Å². The summed E-state index contributed by atoms with van der Waals surface area (Å²) in [5.41, 5.74) is 2.56. The number of hydrogen-bond acceptors (Lipinski definition) is 2. The van der Waals surface area contributed by atoms with Crippen LogP contribution < -0.4 is 0 Å². The lowest BCUT2D eigenvalue weighted by atomic mass is 10.1. The number of benzene rings is 1. The Kier molecular flexibility index (Phi) is 5.16. The third-order valence-corrected chi connectivity index (χ3v) is 3.52. The molecule has 0 atom stereocenters. The summed E-state index contributed by atoms with van der Waals surface area (Å²) in [4.78, 5) is 21.8. The average molecular weight is 273 g/mol. The van der Waals surface area contributed by atoms with Crippen LogP contribution in [0.15, 0.2) is 24.5 Å². The van der Waals surface area contributed by atoms with E-state index in [1.165, 1.54) is 0 Å². The summed E-state index contributed by atoms with van der Waals surface area (Å²) in [6.07, 6.45) is 5.99.